The molecule has 3 rings (SSSR count). The number of nitrogens with zero attached hydrogens (tertiary/aromatic N) is 4. The molecule has 0 aliphatic carbocycles. The summed E-state index contributed by atoms with van der Waals surface area (Å²) in [4.78, 5) is 34.8. The first-order chi connectivity index (χ1) is 11.5. The Labute approximate surface area is 140 Å². The van der Waals surface area contributed by atoms with Gasteiger partial charge in [0, 0.05) is 56.4 Å². The Kier molecular flexibility index (Phi) is 4.59. The predicted octanol–water partition coefficient (Wildman–Crippen LogP) is 0.883. The van der Waals surface area contributed by atoms with Crippen LogP contribution >= 0.6 is 0 Å². The maximum Gasteiger partial charge on any atom is 0.268 e. The Bertz CT molecular complexity index is 787. The Hall–Kier alpha value is -2.70. The summed E-state index contributed by atoms with van der Waals surface area (Å²) in [6.07, 6.45) is 6.91. The van der Waals surface area contributed by atoms with Crippen molar-refractivity contribution in [3.8, 4) is 0 Å². The maximum absolute atomic E-state index is 12.6. The molecule has 1 amide bonds. The molecular weight excluding hydrogens is 306 g/mol. The van der Waals surface area contributed by atoms with Crippen LogP contribution in [0.25, 0.3) is 0 Å². The van der Waals surface area contributed by atoms with Crippen LogP contribution in [0, 0.1) is 6.92 Å². The molecule has 0 spiro atoms. The van der Waals surface area contributed by atoms with E-state index in [4.69, 9.17) is 0 Å². The Balaban J connectivity index is 1.72. The predicted molar refractivity (Wildman–Crippen MR) is 91.2 cm³/mol. The van der Waals surface area contributed by atoms with Crippen LogP contribution in [0.5, 0.6) is 0 Å². The lowest BCUT2D eigenvalue weighted by molar-refractivity contribution is 0.0923. The average molecular weight is 327 g/mol. The number of piperidine rings is 1. The third-order valence-corrected chi connectivity index (χ3v) is 4.38. The van der Waals surface area contributed by atoms with E-state index >= 15 is 0 Å². The molecule has 3 heterocycles. The fourth-order valence-electron chi connectivity index (χ4n) is 3.00. The molecule has 126 valence electrons. The zero-order chi connectivity index (χ0) is 17.1. The molecule has 1 aliphatic rings. The van der Waals surface area contributed by atoms with Gasteiger partial charge in [0.15, 0.2) is 5.43 Å². The van der Waals surface area contributed by atoms with Gasteiger partial charge in [-0.25, -0.2) is 4.98 Å². The molecule has 1 N–H and O–H groups in total. The van der Waals surface area contributed by atoms with Gasteiger partial charge in [-0.1, -0.05) is 0 Å². The standard InChI is InChI=1S/C17H21N5O2/c1-12-8-14(23)9-15(21(12)2)17(24)20-13-4-3-7-22(11-13)16-10-18-5-6-19-16/h5-6,8-10,13H,3-4,7,11H2,1-2H3,(H,20,24). The second kappa shape index (κ2) is 6.82. The van der Waals surface area contributed by atoms with E-state index in [9.17, 15) is 9.59 Å². The number of aromatic nitrogens is 3. The van der Waals surface area contributed by atoms with Gasteiger partial charge in [0.05, 0.1) is 6.20 Å². The minimum absolute atomic E-state index is 0.0175. The van der Waals surface area contributed by atoms with E-state index in [1.165, 1.54) is 12.1 Å². The van der Waals surface area contributed by atoms with E-state index in [1.807, 2.05) is 6.92 Å². The van der Waals surface area contributed by atoms with Crippen LogP contribution in [-0.2, 0) is 7.05 Å². The Morgan fingerprint density at radius 3 is 2.92 bits per heavy atom. The number of anilines is 1. The normalized spacial score (nSPS) is 17.6. The van der Waals surface area contributed by atoms with Gasteiger partial charge in [-0.05, 0) is 19.8 Å². The SMILES string of the molecule is Cc1cc(=O)cc(C(=O)NC2CCCN(c3cnccn3)C2)n1C. The number of nitrogens with one attached hydrogen (secondary N) is 1. The third-order valence-electron chi connectivity index (χ3n) is 4.38. The van der Waals surface area contributed by atoms with Gasteiger partial charge in [0.25, 0.3) is 5.91 Å². The number of hydrogen-bond acceptors (Lipinski definition) is 5. The molecule has 24 heavy (non-hydrogen) atoms. The quantitative estimate of drug-likeness (QED) is 0.905. The highest BCUT2D eigenvalue weighted by Gasteiger charge is 2.23. The molecule has 7 heteroatoms. The summed E-state index contributed by atoms with van der Waals surface area (Å²) >= 11 is 0. The highest BCUT2D eigenvalue weighted by atomic mass is 16.2. The van der Waals surface area contributed by atoms with Gasteiger partial charge < -0.3 is 14.8 Å². The molecule has 1 saturated heterocycles. The van der Waals surface area contributed by atoms with E-state index in [0.717, 1.165) is 30.9 Å². The lowest BCUT2D eigenvalue weighted by Gasteiger charge is -2.33. The molecule has 7 nitrogen and oxygen atoms in total. The molecule has 1 aliphatic heterocycles. The topological polar surface area (TPSA) is 80.1 Å². The molecule has 2 aromatic heterocycles. The zero-order valence-electron chi connectivity index (χ0n) is 13.9. The Morgan fingerprint density at radius 2 is 2.17 bits per heavy atom. The molecular formula is C17H21N5O2. The fraction of sp³-hybridized carbons (Fsp3) is 0.412. The largest absolute Gasteiger partial charge is 0.353 e. The minimum Gasteiger partial charge on any atom is -0.353 e. The lowest BCUT2D eigenvalue weighted by atomic mass is 10.1. The van der Waals surface area contributed by atoms with Crippen molar-refractivity contribution in [2.24, 2.45) is 7.05 Å². The summed E-state index contributed by atoms with van der Waals surface area (Å²) < 4.78 is 1.74. The van der Waals surface area contributed by atoms with Crippen LogP contribution in [0.3, 0.4) is 0 Å². The molecule has 0 bridgehead atoms. The van der Waals surface area contributed by atoms with E-state index in [0.29, 0.717) is 12.2 Å². The van der Waals surface area contributed by atoms with Crippen LogP contribution < -0.4 is 15.6 Å². The first-order valence-corrected chi connectivity index (χ1v) is 8.04. The number of carbonyl (C=O) groups excluding carboxylic acids is 1. The number of hydrogen-bond donors (Lipinski definition) is 1. The number of amides is 1. The van der Waals surface area contributed by atoms with Crippen molar-refractivity contribution in [2.75, 3.05) is 18.0 Å². The van der Waals surface area contributed by atoms with Gasteiger partial charge in [0.2, 0.25) is 0 Å². The van der Waals surface area contributed by atoms with E-state index in [1.54, 1.807) is 30.2 Å². The summed E-state index contributed by atoms with van der Waals surface area (Å²) in [6, 6.07) is 2.92. The molecule has 1 atom stereocenters. The van der Waals surface area contributed by atoms with Crippen molar-refractivity contribution >= 4 is 11.7 Å². The van der Waals surface area contributed by atoms with Crippen molar-refractivity contribution in [3.63, 3.8) is 0 Å². The van der Waals surface area contributed by atoms with Crippen molar-refractivity contribution in [2.45, 2.75) is 25.8 Å². The maximum atomic E-state index is 12.6. The summed E-state index contributed by atoms with van der Waals surface area (Å²) in [7, 11) is 1.79. The van der Waals surface area contributed by atoms with Crippen molar-refractivity contribution in [3.05, 3.63) is 52.3 Å². The molecule has 1 fully saturated rings. The van der Waals surface area contributed by atoms with Gasteiger partial charge >= 0.3 is 0 Å². The van der Waals surface area contributed by atoms with Crippen molar-refractivity contribution in [1.82, 2.24) is 19.9 Å². The number of rotatable bonds is 3. The van der Waals surface area contributed by atoms with Gasteiger partial charge in [-0.15, -0.1) is 0 Å². The summed E-state index contributed by atoms with van der Waals surface area (Å²) in [5.74, 6) is 0.601. The monoisotopic (exact) mass is 327 g/mol. The Morgan fingerprint density at radius 1 is 1.33 bits per heavy atom. The second-order valence-corrected chi connectivity index (χ2v) is 6.10. The number of aryl methyl sites for hydroxylation is 1. The van der Waals surface area contributed by atoms with Crippen molar-refractivity contribution in [1.29, 1.82) is 0 Å². The van der Waals surface area contributed by atoms with Crippen LogP contribution in [0.15, 0.2) is 35.5 Å². The number of pyridine rings is 1. The first kappa shape index (κ1) is 16.2. The fourth-order valence-corrected chi connectivity index (χ4v) is 3.00. The van der Waals surface area contributed by atoms with Crippen LogP contribution in [0.1, 0.15) is 29.0 Å². The van der Waals surface area contributed by atoms with Crippen LogP contribution in [0.2, 0.25) is 0 Å². The zero-order valence-corrected chi connectivity index (χ0v) is 13.9. The van der Waals surface area contributed by atoms with Crippen LogP contribution in [0.4, 0.5) is 5.82 Å². The minimum atomic E-state index is -0.218. The summed E-state index contributed by atoms with van der Waals surface area (Å²) in [6.45, 7) is 3.40. The second-order valence-electron chi connectivity index (χ2n) is 6.10. The first-order valence-electron chi connectivity index (χ1n) is 8.04. The van der Waals surface area contributed by atoms with Crippen LogP contribution in [-0.4, -0.2) is 39.6 Å². The van der Waals surface area contributed by atoms with Gasteiger partial charge in [-0.3, -0.25) is 14.6 Å². The average Bonchev–Trinajstić information content (AvgIpc) is 2.59. The molecule has 2 aromatic rings. The molecule has 0 aromatic carbocycles. The van der Waals surface area contributed by atoms with Gasteiger partial charge in [0.1, 0.15) is 11.5 Å². The van der Waals surface area contributed by atoms with Gasteiger partial charge in [-0.2, -0.15) is 0 Å². The molecule has 1 unspecified atom stereocenters. The summed E-state index contributed by atoms with van der Waals surface area (Å²) in [5, 5.41) is 3.04. The highest BCUT2D eigenvalue weighted by molar-refractivity contribution is 5.92. The van der Waals surface area contributed by atoms with E-state index in [-0.39, 0.29) is 17.4 Å². The summed E-state index contributed by atoms with van der Waals surface area (Å²) in [5.41, 5.74) is 0.995. The molecule has 0 radical (unpaired) electrons. The van der Waals surface area contributed by atoms with E-state index in [2.05, 4.69) is 20.2 Å². The highest BCUT2D eigenvalue weighted by Crippen LogP contribution is 2.16. The van der Waals surface area contributed by atoms with E-state index < -0.39 is 0 Å². The lowest BCUT2D eigenvalue weighted by Crippen LogP contribution is -2.48. The van der Waals surface area contributed by atoms with Crippen molar-refractivity contribution < 1.29 is 4.79 Å². The molecule has 0 saturated carbocycles. The smallest absolute Gasteiger partial charge is 0.268 e. The third kappa shape index (κ3) is 3.45. The number of carbonyl (C=O) groups is 1.